The number of carbonyl (C=O) groups excluding carboxylic acids is 2. The SMILES string of the molecule is COCCOc1cc2ncnc(Nc3cc(OC)cc(C4=CC(=O)C=CC4=O)c3SCc3ccccc3)c2cc1OC. The Morgan fingerprint density at radius 3 is 2.48 bits per heavy atom. The number of fused-ring (bicyclic) bond motifs is 1. The van der Waals surface area contributed by atoms with Crippen LogP contribution in [0.5, 0.6) is 17.2 Å². The molecule has 0 unspecified atom stereocenters. The van der Waals surface area contributed by atoms with Gasteiger partial charge in [-0.05, 0) is 35.9 Å². The molecule has 9 nitrogen and oxygen atoms in total. The first-order valence-corrected chi connectivity index (χ1v) is 14.1. The largest absolute Gasteiger partial charge is 0.497 e. The maximum atomic E-state index is 13.0. The van der Waals surface area contributed by atoms with Crippen LogP contribution in [-0.2, 0) is 20.1 Å². The van der Waals surface area contributed by atoms with Crippen molar-refractivity contribution in [2.45, 2.75) is 10.6 Å². The van der Waals surface area contributed by atoms with E-state index < -0.39 is 0 Å². The zero-order valence-corrected chi connectivity index (χ0v) is 24.2. The number of hydrogen-bond acceptors (Lipinski definition) is 10. The predicted octanol–water partition coefficient (Wildman–Crippen LogP) is 5.80. The minimum Gasteiger partial charge on any atom is -0.497 e. The Balaban J connectivity index is 1.61. The standard InChI is InChI=1S/C32H29N3O6S/c1-38-11-12-41-30-17-26-25(16-29(30)40-3)32(34-19-33-26)35-27-15-22(39-2)14-24(23-13-21(36)9-10-28(23)37)31(27)42-18-20-7-5-4-6-8-20/h4-10,13-17,19H,11-12,18H2,1-3H3,(H,33,34,35). The van der Waals surface area contributed by atoms with Crippen molar-refractivity contribution < 1.29 is 28.5 Å². The maximum absolute atomic E-state index is 13.0. The van der Waals surface area contributed by atoms with Gasteiger partial charge in [0.05, 0.1) is 32.0 Å². The van der Waals surface area contributed by atoms with Gasteiger partial charge in [0.1, 0.15) is 24.5 Å². The van der Waals surface area contributed by atoms with E-state index in [9.17, 15) is 9.59 Å². The summed E-state index contributed by atoms with van der Waals surface area (Å²) in [4.78, 5) is 35.0. The Labute approximate surface area is 247 Å². The van der Waals surface area contributed by atoms with E-state index in [2.05, 4.69) is 15.3 Å². The summed E-state index contributed by atoms with van der Waals surface area (Å²) >= 11 is 1.54. The first kappa shape index (κ1) is 28.8. The summed E-state index contributed by atoms with van der Waals surface area (Å²) in [5.74, 6) is 2.20. The number of rotatable bonds is 12. The molecule has 10 heteroatoms. The third-order valence-electron chi connectivity index (χ3n) is 6.48. The number of carbonyl (C=O) groups is 2. The normalized spacial score (nSPS) is 12.8. The summed E-state index contributed by atoms with van der Waals surface area (Å²) in [6.07, 6.45) is 5.40. The molecule has 0 fully saturated rings. The predicted molar refractivity (Wildman–Crippen MR) is 163 cm³/mol. The van der Waals surface area contributed by atoms with E-state index in [4.69, 9.17) is 18.9 Å². The van der Waals surface area contributed by atoms with Crippen molar-refractivity contribution in [3.8, 4) is 17.2 Å². The van der Waals surface area contributed by atoms with Crippen molar-refractivity contribution in [2.24, 2.45) is 0 Å². The fraction of sp³-hybridized carbons (Fsp3) is 0.188. The van der Waals surface area contributed by atoms with Crippen LogP contribution in [0.15, 0.2) is 84.0 Å². The smallest absolute Gasteiger partial charge is 0.186 e. The van der Waals surface area contributed by atoms with Gasteiger partial charge in [-0.2, -0.15) is 0 Å². The molecule has 1 aliphatic carbocycles. The molecule has 1 heterocycles. The molecule has 0 radical (unpaired) electrons. The van der Waals surface area contributed by atoms with Crippen molar-refractivity contribution in [3.63, 3.8) is 0 Å². The van der Waals surface area contributed by atoms with Crippen molar-refractivity contribution in [1.82, 2.24) is 9.97 Å². The van der Waals surface area contributed by atoms with E-state index in [0.717, 1.165) is 10.5 Å². The summed E-state index contributed by atoms with van der Waals surface area (Å²) in [6, 6.07) is 17.2. The highest BCUT2D eigenvalue weighted by Gasteiger charge is 2.23. The van der Waals surface area contributed by atoms with E-state index in [1.54, 1.807) is 45.2 Å². The molecule has 214 valence electrons. The number of aromatic nitrogens is 2. The lowest BCUT2D eigenvalue weighted by atomic mass is 9.95. The minimum atomic E-state index is -0.256. The van der Waals surface area contributed by atoms with E-state index in [1.165, 1.54) is 24.6 Å². The molecule has 0 saturated carbocycles. The van der Waals surface area contributed by atoms with Crippen LogP contribution < -0.4 is 19.5 Å². The van der Waals surface area contributed by atoms with Gasteiger partial charge < -0.3 is 24.3 Å². The van der Waals surface area contributed by atoms with E-state index in [1.807, 2.05) is 42.5 Å². The second-order valence-corrected chi connectivity index (χ2v) is 10.2. The van der Waals surface area contributed by atoms with Gasteiger partial charge in [0.15, 0.2) is 23.1 Å². The lowest BCUT2D eigenvalue weighted by molar-refractivity contribution is -0.113. The Bertz CT molecular complexity index is 1690. The molecule has 0 bridgehead atoms. The van der Waals surface area contributed by atoms with Crippen molar-refractivity contribution >= 4 is 51.3 Å². The fourth-order valence-electron chi connectivity index (χ4n) is 4.42. The lowest BCUT2D eigenvalue weighted by Gasteiger charge is -2.20. The van der Waals surface area contributed by atoms with Gasteiger partial charge in [-0.1, -0.05) is 30.3 Å². The number of ketones is 2. The number of hydrogen-bond donors (Lipinski definition) is 1. The van der Waals surface area contributed by atoms with Crippen molar-refractivity contribution in [2.75, 3.05) is 39.9 Å². The van der Waals surface area contributed by atoms with E-state index in [-0.39, 0.29) is 11.6 Å². The second-order valence-electron chi connectivity index (χ2n) is 9.19. The molecule has 1 aromatic heterocycles. The molecule has 1 aliphatic rings. The number of nitrogens with zero attached hydrogens (tertiary/aromatic N) is 2. The van der Waals surface area contributed by atoms with Crippen LogP contribution in [0.2, 0.25) is 0 Å². The van der Waals surface area contributed by atoms with E-state index in [0.29, 0.717) is 69.8 Å². The summed E-state index contributed by atoms with van der Waals surface area (Å²) < 4.78 is 22.2. The zero-order valence-electron chi connectivity index (χ0n) is 23.4. The van der Waals surface area contributed by atoms with Crippen LogP contribution in [0.3, 0.4) is 0 Å². The van der Waals surface area contributed by atoms with Gasteiger partial charge in [0.2, 0.25) is 0 Å². The molecular weight excluding hydrogens is 554 g/mol. The molecule has 0 saturated heterocycles. The van der Waals surface area contributed by atoms with Crippen LogP contribution in [-0.4, -0.2) is 56.1 Å². The average molecular weight is 584 g/mol. The van der Waals surface area contributed by atoms with Gasteiger partial charge in [-0.15, -0.1) is 11.8 Å². The lowest BCUT2D eigenvalue weighted by Crippen LogP contribution is -2.09. The number of allylic oxidation sites excluding steroid dienone is 4. The van der Waals surface area contributed by atoms with Crippen LogP contribution in [0.25, 0.3) is 16.5 Å². The van der Waals surface area contributed by atoms with E-state index >= 15 is 0 Å². The van der Waals surface area contributed by atoms with Gasteiger partial charge in [-0.3, -0.25) is 9.59 Å². The highest BCUT2D eigenvalue weighted by molar-refractivity contribution is 7.98. The summed E-state index contributed by atoms with van der Waals surface area (Å²) in [6.45, 7) is 0.787. The number of benzene rings is 3. The first-order chi connectivity index (χ1) is 20.5. The molecule has 3 aromatic carbocycles. The number of thioether (sulfide) groups is 1. The maximum Gasteiger partial charge on any atom is 0.186 e. The number of nitrogens with one attached hydrogen (secondary N) is 1. The molecule has 4 aromatic rings. The number of methoxy groups -OCH3 is 3. The Morgan fingerprint density at radius 1 is 0.881 bits per heavy atom. The molecule has 1 N–H and O–H groups in total. The number of anilines is 2. The van der Waals surface area contributed by atoms with Crippen LogP contribution in [0.4, 0.5) is 11.5 Å². The topological polar surface area (TPSA) is 109 Å². The molecule has 0 aliphatic heterocycles. The molecule has 5 rings (SSSR count). The highest BCUT2D eigenvalue weighted by Crippen LogP contribution is 2.43. The van der Waals surface area contributed by atoms with Crippen LogP contribution in [0.1, 0.15) is 11.1 Å². The van der Waals surface area contributed by atoms with Crippen molar-refractivity contribution in [3.05, 3.63) is 90.3 Å². The third kappa shape index (κ3) is 6.45. The monoisotopic (exact) mass is 583 g/mol. The Hall–Kier alpha value is -4.67. The second kappa shape index (κ2) is 13.3. The van der Waals surface area contributed by atoms with Gasteiger partial charge in [0, 0.05) is 46.4 Å². The molecular formula is C32H29N3O6S. The number of ether oxygens (including phenoxy) is 4. The highest BCUT2D eigenvalue weighted by atomic mass is 32.2. The van der Waals surface area contributed by atoms with Crippen molar-refractivity contribution in [1.29, 1.82) is 0 Å². The van der Waals surface area contributed by atoms with Crippen LogP contribution >= 0.6 is 11.8 Å². The van der Waals surface area contributed by atoms with Gasteiger partial charge >= 0.3 is 0 Å². The summed E-state index contributed by atoms with van der Waals surface area (Å²) in [5, 5.41) is 4.14. The average Bonchev–Trinajstić information content (AvgIpc) is 3.01. The molecule has 0 amide bonds. The third-order valence-corrected chi connectivity index (χ3v) is 7.69. The zero-order chi connectivity index (χ0) is 29.5. The molecule has 0 spiro atoms. The Kier molecular flexibility index (Phi) is 9.15. The van der Waals surface area contributed by atoms with Crippen LogP contribution in [0, 0.1) is 0 Å². The summed E-state index contributed by atoms with van der Waals surface area (Å²) in [5.41, 5.74) is 3.29. The molecule has 42 heavy (non-hydrogen) atoms. The van der Waals surface area contributed by atoms with Gasteiger partial charge in [-0.25, -0.2) is 9.97 Å². The Morgan fingerprint density at radius 2 is 1.71 bits per heavy atom. The molecule has 0 atom stereocenters. The fourth-order valence-corrected chi connectivity index (χ4v) is 5.51. The first-order valence-electron chi connectivity index (χ1n) is 13.1. The minimum absolute atomic E-state index is 0.252. The summed E-state index contributed by atoms with van der Waals surface area (Å²) in [7, 11) is 4.73. The van der Waals surface area contributed by atoms with Gasteiger partial charge in [0.25, 0.3) is 0 Å². The quantitative estimate of drug-likeness (QED) is 0.125.